The van der Waals surface area contributed by atoms with Crippen molar-refractivity contribution in [1.82, 2.24) is 4.90 Å². The van der Waals surface area contributed by atoms with Crippen molar-refractivity contribution < 1.29 is 38.1 Å². The highest BCUT2D eigenvalue weighted by Crippen LogP contribution is 2.39. The Hall–Kier alpha value is -2.72. The molecule has 0 bridgehead atoms. The Kier molecular flexibility index (Phi) is 9.86. The number of hydrogen-bond acceptors (Lipinski definition) is 9. The second kappa shape index (κ2) is 12.4. The lowest BCUT2D eigenvalue weighted by atomic mass is 10.1. The largest absolute Gasteiger partial charge is 0.490 e. The normalized spacial score (nSPS) is 14.6. The smallest absolute Gasteiger partial charge is 0.343 e. The summed E-state index contributed by atoms with van der Waals surface area (Å²) in [5.41, 5.74) is 0.472. The number of methoxy groups -OCH3 is 1. The van der Waals surface area contributed by atoms with Crippen molar-refractivity contribution in [1.29, 1.82) is 0 Å². The monoisotopic (exact) mass is 485 g/mol. The molecule has 1 heterocycles. The van der Waals surface area contributed by atoms with E-state index in [9.17, 15) is 19.2 Å². The Balaban J connectivity index is 2.20. The van der Waals surface area contributed by atoms with Crippen LogP contribution in [-0.4, -0.2) is 61.5 Å². The predicted octanol–water partition coefficient (Wildman–Crippen LogP) is 3.67. The number of carbonyl (C=O) groups is 4. The van der Waals surface area contributed by atoms with E-state index >= 15 is 0 Å². The minimum Gasteiger partial charge on any atom is -0.490 e. The fourth-order valence-electron chi connectivity index (χ4n) is 2.56. The molecular formula is C21H24ClNO8S. The molecule has 1 aromatic rings. The van der Waals surface area contributed by atoms with Gasteiger partial charge in [0, 0.05) is 0 Å². The number of carbonyl (C=O) groups excluding carboxylic acids is 4. The van der Waals surface area contributed by atoms with Crippen LogP contribution in [0.5, 0.6) is 11.5 Å². The molecule has 2 rings (SSSR count). The predicted molar refractivity (Wildman–Crippen MR) is 119 cm³/mol. The topological polar surface area (TPSA) is 108 Å². The molecule has 1 aliphatic rings. The van der Waals surface area contributed by atoms with E-state index in [-0.39, 0.29) is 34.6 Å². The summed E-state index contributed by atoms with van der Waals surface area (Å²) in [6.45, 7) is 3.45. The van der Waals surface area contributed by atoms with Gasteiger partial charge in [-0.05, 0) is 48.9 Å². The molecule has 0 saturated carbocycles. The lowest BCUT2D eigenvalue weighted by Crippen LogP contribution is -2.34. The van der Waals surface area contributed by atoms with Crippen LogP contribution in [0, 0.1) is 0 Å². The quantitative estimate of drug-likeness (QED) is 0.263. The second-order valence-corrected chi connectivity index (χ2v) is 7.87. The lowest BCUT2D eigenvalue weighted by Gasteiger charge is -2.14. The standard InChI is InChI=1S/C21H24ClNO8S/c1-4-6-7-30-17(24)11-23-20(26)16(32-21(23)27)10-13-8-14(22)19(15(9-13)29-5-2)31-12-18(25)28-3/h8-10H,4-7,11-12H2,1-3H3/b16-10-. The highest BCUT2D eigenvalue weighted by Gasteiger charge is 2.36. The van der Waals surface area contributed by atoms with Crippen molar-refractivity contribution in [2.45, 2.75) is 26.7 Å². The summed E-state index contributed by atoms with van der Waals surface area (Å²) in [5.74, 6) is -1.43. The first kappa shape index (κ1) is 25.5. The highest BCUT2D eigenvalue weighted by molar-refractivity contribution is 8.18. The number of nitrogens with zero attached hydrogens (tertiary/aromatic N) is 1. The number of unbranched alkanes of at least 4 members (excludes halogenated alkanes) is 1. The minimum absolute atomic E-state index is 0.123. The Morgan fingerprint density at radius 2 is 1.91 bits per heavy atom. The third-order valence-electron chi connectivity index (χ3n) is 4.11. The fourth-order valence-corrected chi connectivity index (χ4v) is 3.67. The van der Waals surface area contributed by atoms with E-state index < -0.39 is 29.6 Å². The van der Waals surface area contributed by atoms with Gasteiger partial charge in [0.1, 0.15) is 6.54 Å². The van der Waals surface area contributed by atoms with Gasteiger partial charge in [-0.25, -0.2) is 4.79 Å². The van der Waals surface area contributed by atoms with Crippen LogP contribution in [0.15, 0.2) is 17.0 Å². The Labute approximate surface area is 194 Å². The van der Waals surface area contributed by atoms with E-state index in [1.54, 1.807) is 13.0 Å². The average Bonchev–Trinajstić information content (AvgIpc) is 3.00. The van der Waals surface area contributed by atoms with E-state index in [1.165, 1.54) is 19.3 Å². The summed E-state index contributed by atoms with van der Waals surface area (Å²) in [6.07, 6.45) is 3.03. The van der Waals surface area contributed by atoms with Crippen molar-refractivity contribution in [3.05, 3.63) is 27.6 Å². The molecule has 0 aromatic heterocycles. The second-order valence-electron chi connectivity index (χ2n) is 6.47. The van der Waals surface area contributed by atoms with Crippen LogP contribution >= 0.6 is 23.4 Å². The van der Waals surface area contributed by atoms with Gasteiger partial charge in [-0.1, -0.05) is 24.9 Å². The Morgan fingerprint density at radius 3 is 2.56 bits per heavy atom. The number of benzene rings is 1. The van der Waals surface area contributed by atoms with Crippen LogP contribution in [0.4, 0.5) is 4.79 Å². The molecule has 1 aliphatic heterocycles. The highest BCUT2D eigenvalue weighted by atomic mass is 35.5. The molecule has 1 aromatic carbocycles. The lowest BCUT2D eigenvalue weighted by molar-refractivity contribution is -0.146. The number of hydrogen-bond donors (Lipinski definition) is 0. The fraction of sp³-hybridized carbons (Fsp3) is 0.429. The van der Waals surface area contributed by atoms with Crippen LogP contribution in [0.25, 0.3) is 6.08 Å². The van der Waals surface area contributed by atoms with Gasteiger partial charge in [0.15, 0.2) is 18.1 Å². The zero-order chi connectivity index (χ0) is 23.7. The maximum atomic E-state index is 12.6. The summed E-state index contributed by atoms with van der Waals surface area (Å²) in [6, 6.07) is 3.07. The van der Waals surface area contributed by atoms with Gasteiger partial charge in [-0.3, -0.25) is 19.3 Å². The summed E-state index contributed by atoms with van der Waals surface area (Å²) >= 11 is 7.00. The number of ether oxygens (including phenoxy) is 4. The number of amides is 2. The maximum Gasteiger partial charge on any atom is 0.343 e. The Morgan fingerprint density at radius 1 is 1.16 bits per heavy atom. The van der Waals surface area contributed by atoms with E-state index in [0.29, 0.717) is 30.4 Å². The van der Waals surface area contributed by atoms with Crippen molar-refractivity contribution in [2.24, 2.45) is 0 Å². The van der Waals surface area contributed by atoms with Gasteiger partial charge < -0.3 is 18.9 Å². The van der Waals surface area contributed by atoms with Crippen molar-refractivity contribution >= 4 is 52.5 Å². The van der Waals surface area contributed by atoms with Crippen LogP contribution in [0.1, 0.15) is 32.3 Å². The first-order chi connectivity index (χ1) is 15.3. The van der Waals surface area contributed by atoms with Crippen LogP contribution in [0.3, 0.4) is 0 Å². The number of rotatable bonds is 11. The average molecular weight is 486 g/mol. The van der Waals surface area contributed by atoms with Gasteiger partial charge >= 0.3 is 11.9 Å². The molecule has 174 valence electrons. The SMILES string of the molecule is CCCCOC(=O)CN1C(=O)S/C(=C\c2cc(Cl)c(OCC(=O)OC)c(OCC)c2)C1=O. The molecule has 9 nitrogen and oxygen atoms in total. The molecular weight excluding hydrogens is 462 g/mol. The number of halogens is 1. The molecule has 0 spiro atoms. The van der Waals surface area contributed by atoms with E-state index in [1.807, 2.05) is 6.92 Å². The summed E-state index contributed by atoms with van der Waals surface area (Å²) < 4.78 is 20.5. The van der Waals surface area contributed by atoms with Crippen molar-refractivity contribution in [3.63, 3.8) is 0 Å². The van der Waals surface area contributed by atoms with Crippen LogP contribution in [-0.2, 0) is 23.9 Å². The molecule has 11 heteroatoms. The minimum atomic E-state index is -0.643. The zero-order valence-corrected chi connectivity index (χ0v) is 19.5. The van der Waals surface area contributed by atoms with Gasteiger partial charge in [0.25, 0.3) is 11.1 Å². The molecule has 1 fully saturated rings. The van der Waals surface area contributed by atoms with Gasteiger partial charge in [0.2, 0.25) is 0 Å². The number of imide groups is 1. The van der Waals surface area contributed by atoms with Crippen LogP contribution < -0.4 is 9.47 Å². The molecule has 1 saturated heterocycles. The first-order valence-electron chi connectivity index (χ1n) is 9.87. The zero-order valence-electron chi connectivity index (χ0n) is 18.0. The van der Waals surface area contributed by atoms with E-state index in [0.717, 1.165) is 11.3 Å². The summed E-state index contributed by atoms with van der Waals surface area (Å²) in [7, 11) is 1.23. The van der Waals surface area contributed by atoms with Crippen LogP contribution in [0.2, 0.25) is 5.02 Å². The summed E-state index contributed by atoms with van der Waals surface area (Å²) in [5, 5.41) is -0.423. The third kappa shape index (κ3) is 6.89. The molecule has 0 unspecified atom stereocenters. The van der Waals surface area contributed by atoms with Gasteiger partial charge in [-0.15, -0.1) is 0 Å². The Bertz CT molecular complexity index is 917. The molecule has 0 N–H and O–H groups in total. The molecule has 32 heavy (non-hydrogen) atoms. The van der Waals surface area contributed by atoms with E-state index in [4.69, 9.17) is 25.8 Å². The first-order valence-corrected chi connectivity index (χ1v) is 11.1. The number of esters is 2. The number of thioether (sulfide) groups is 1. The van der Waals surface area contributed by atoms with E-state index in [2.05, 4.69) is 4.74 Å². The van der Waals surface area contributed by atoms with Gasteiger partial charge in [0.05, 0.1) is 30.3 Å². The summed E-state index contributed by atoms with van der Waals surface area (Å²) in [4.78, 5) is 49.1. The third-order valence-corrected chi connectivity index (χ3v) is 5.30. The molecule has 0 radical (unpaired) electrons. The van der Waals surface area contributed by atoms with Crippen molar-refractivity contribution in [2.75, 3.05) is 33.5 Å². The van der Waals surface area contributed by atoms with Crippen molar-refractivity contribution in [3.8, 4) is 11.5 Å². The molecule has 0 aliphatic carbocycles. The molecule has 2 amide bonds. The molecule has 0 atom stereocenters. The van der Waals surface area contributed by atoms with Gasteiger partial charge in [-0.2, -0.15) is 0 Å². The maximum absolute atomic E-state index is 12.6.